The second-order valence-corrected chi connectivity index (χ2v) is 9.46. The van der Waals surface area contributed by atoms with Crippen molar-refractivity contribution in [3.8, 4) is 0 Å². The van der Waals surface area contributed by atoms with Gasteiger partial charge in [-0.15, -0.1) is 0 Å². The molecule has 1 heterocycles. The number of amides is 3. The Kier molecular flexibility index (Phi) is 7.73. The molecule has 3 N–H and O–H groups in total. The van der Waals surface area contributed by atoms with Gasteiger partial charge in [-0.2, -0.15) is 0 Å². The summed E-state index contributed by atoms with van der Waals surface area (Å²) in [6.07, 6.45) is 3.15. The number of aryl methyl sites for hydroxylation is 1. The Balaban J connectivity index is 1.37. The molecule has 2 fully saturated rings. The summed E-state index contributed by atoms with van der Waals surface area (Å²) in [7, 11) is 0. The van der Waals surface area contributed by atoms with E-state index in [0.29, 0.717) is 19.4 Å². The van der Waals surface area contributed by atoms with Crippen molar-refractivity contribution in [1.82, 2.24) is 15.5 Å². The third-order valence-corrected chi connectivity index (χ3v) is 7.16. The van der Waals surface area contributed by atoms with Crippen LogP contribution in [0.2, 0.25) is 0 Å². The molecule has 2 aliphatic rings. The number of urea groups is 1. The van der Waals surface area contributed by atoms with Crippen molar-refractivity contribution in [1.29, 1.82) is 0 Å². The highest BCUT2D eigenvalue weighted by Crippen LogP contribution is 2.32. The van der Waals surface area contributed by atoms with Crippen molar-refractivity contribution in [2.45, 2.75) is 51.6 Å². The number of anilines is 2. The Hall–Kier alpha value is -3.06. The highest BCUT2D eigenvalue weighted by atomic mass is 16.2. The fourth-order valence-corrected chi connectivity index (χ4v) is 5.07. The number of nitrogens with zero attached hydrogens (tertiary/aromatic N) is 2. The van der Waals surface area contributed by atoms with Crippen LogP contribution in [0.4, 0.5) is 16.2 Å². The first kappa shape index (κ1) is 24.1. The van der Waals surface area contributed by atoms with Crippen LogP contribution >= 0.6 is 0 Å². The number of nitrogens with one attached hydrogen (secondary N) is 3. The summed E-state index contributed by atoms with van der Waals surface area (Å²) < 4.78 is 0. The molecule has 0 radical (unpaired) electrons. The second kappa shape index (κ2) is 10.9. The molecule has 2 aromatic carbocycles. The van der Waals surface area contributed by atoms with E-state index in [1.807, 2.05) is 42.5 Å². The van der Waals surface area contributed by atoms with Crippen molar-refractivity contribution in [2.24, 2.45) is 0 Å². The SMILES string of the molecule is CCN1CCN(c2ccc(NC(=O)C3(NC(=O)NCc4ccccc4)CCCC3)cc2C)CC1. The number of likely N-dealkylation sites (N-methyl/N-ethyl adjacent to an activating group) is 1. The standard InChI is InChI=1S/C27H37N5O2/c1-3-31-15-17-32(18-16-31)24-12-11-23(19-21(24)2)29-25(33)27(13-7-8-14-27)30-26(34)28-20-22-9-5-4-6-10-22/h4-6,9-12,19H,3,7-8,13-18,20H2,1-2H3,(H,29,33)(H2,28,30,34). The lowest BCUT2D eigenvalue weighted by Gasteiger charge is -2.36. The fourth-order valence-electron chi connectivity index (χ4n) is 5.07. The van der Waals surface area contributed by atoms with Crippen LogP contribution in [-0.4, -0.2) is 55.1 Å². The van der Waals surface area contributed by atoms with Crippen molar-refractivity contribution >= 4 is 23.3 Å². The van der Waals surface area contributed by atoms with Gasteiger partial charge in [0, 0.05) is 44.1 Å². The monoisotopic (exact) mass is 463 g/mol. The van der Waals surface area contributed by atoms with E-state index in [1.165, 1.54) is 5.69 Å². The topological polar surface area (TPSA) is 76.7 Å². The predicted molar refractivity (Wildman–Crippen MR) is 137 cm³/mol. The third kappa shape index (κ3) is 5.70. The van der Waals surface area contributed by atoms with E-state index in [4.69, 9.17) is 0 Å². The van der Waals surface area contributed by atoms with Crippen LogP contribution < -0.4 is 20.9 Å². The van der Waals surface area contributed by atoms with Gasteiger partial charge in [-0.3, -0.25) is 4.79 Å². The summed E-state index contributed by atoms with van der Waals surface area (Å²) >= 11 is 0. The third-order valence-electron chi connectivity index (χ3n) is 7.16. The molecule has 1 aliphatic carbocycles. The average molecular weight is 464 g/mol. The molecule has 34 heavy (non-hydrogen) atoms. The van der Waals surface area contributed by atoms with Crippen molar-refractivity contribution in [3.05, 3.63) is 59.7 Å². The van der Waals surface area contributed by atoms with Crippen LogP contribution in [0.3, 0.4) is 0 Å². The Labute approximate surface area is 202 Å². The van der Waals surface area contributed by atoms with Gasteiger partial charge in [0.2, 0.25) is 5.91 Å². The molecule has 2 aromatic rings. The number of hydrogen-bond donors (Lipinski definition) is 3. The van der Waals surface area contributed by atoms with E-state index in [9.17, 15) is 9.59 Å². The number of carbonyl (C=O) groups excluding carboxylic acids is 2. The Morgan fingerprint density at radius 2 is 1.68 bits per heavy atom. The molecule has 1 saturated carbocycles. The lowest BCUT2D eigenvalue weighted by Crippen LogP contribution is -2.57. The lowest BCUT2D eigenvalue weighted by atomic mass is 9.96. The van der Waals surface area contributed by atoms with E-state index in [0.717, 1.165) is 62.4 Å². The Bertz CT molecular complexity index is 980. The predicted octanol–water partition coefficient (Wildman–Crippen LogP) is 3.89. The zero-order chi connectivity index (χ0) is 24.0. The first-order valence-corrected chi connectivity index (χ1v) is 12.5. The van der Waals surface area contributed by atoms with Gasteiger partial charge in [-0.05, 0) is 55.6 Å². The number of benzene rings is 2. The molecule has 182 valence electrons. The number of hydrogen-bond acceptors (Lipinski definition) is 4. The van der Waals surface area contributed by atoms with E-state index in [1.54, 1.807) is 0 Å². The molecule has 4 rings (SSSR count). The first-order valence-electron chi connectivity index (χ1n) is 12.5. The molecule has 7 nitrogen and oxygen atoms in total. The zero-order valence-corrected chi connectivity index (χ0v) is 20.4. The highest BCUT2D eigenvalue weighted by Gasteiger charge is 2.42. The number of rotatable bonds is 7. The molecule has 3 amide bonds. The van der Waals surface area contributed by atoms with E-state index < -0.39 is 5.54 Å². The summed E-state index contributed by atoms with van der Waals surface area (Å²) in [5.74, 6) is -0.136. The van der Waals surface area contributed by atoms with Crippen molar-refractivity contribution < 1.29 is 9.59 Å². The maximum Gasteiger partial charge on any atom is 0.315 e. The van der Waals surface area contributed by atoms with Crippen LogP contribution in [-0.2, 0) is 11.3 Å². The van der Waals surface area contributed by atoms with Crippen LogP contribution in [0.1, 0.15) is 43.7 Å². The van der Waals surface area contributed by atoms with Gasteiger partial charge >= 0.3 is 6.03 Å². The average Bonchev–Trinajstić information content (AvgIpc) is 3.33. The molecule has 0 unspecified atom stereocenters. The Morgan fingerprint density at radius 1 is 0.971 bits per heavy atom. The van der Waals surface area contributed by atoms with Gasteiger partial charge in [0.15, 0.2) is 0 Å². The molecule has 0 bridgehead atoms. The van der Waals surface area contributed by atoms with Gasteiger partial charge in [0.1, 0.15) is 5.54 Å². The fraction of sp³-hybridized carbons (Fsp3) is 0.481. The van der Waals surface area contributed by atoms with Crippen LogP contribution in [0, 0.1) is 6.92 Å². The summed E-state index contributed by atoms with van der Waals surface area (Å²) in [6.45, 7) is 10.0. The van der Waals surface area contributed by atoms with Crippen LogP contribution in [0.25, 0.3) is 0 Å². The van der Waals surface area contributed by atoms with Crippen LogP contribution in [0.5, 0.6) is 0 Å². The number of piperazine rings is 1. The lowest BCUT2D eigenvalue weighted by molar-refractivity contribution is -0.121. The summed E-state index contributed by atoms with van der Waals surface area (Å²) in [5, 5.41) is 8.97. The number of carbonyl (C=O) groups is 2. The molecule has 1 saturated heterocycles. The van der Waals surface area contributed by atoms with Gasteiger partial charge in [-0.25, -0.2) is 4.79 Å². The quantitative estimate of drug-likeness (QED) is 0.582. The van der Waals surface area contributed by atoms with Crippen molar-refractivity contribution in [3.63, 3.8) is 0 Å². The van der Waals surface area contributed by atoms with Gasteiger partial charge in [-0.1, -0.05) is 50.1 Å². The van der Waals surface area contributed by atoms with E-state index in [2.05, 4.69) is 45.7 Å². The summed E-state index contributed by atoms with van der Waals surface area (Å²) in [5.41, 5.74) is 3.30. The molecular weight excluding hydrogens is 426 g/mol. The highest BCUT2D eigenvalue weighted by molar-refractivity contribution is 6.00. The maximum absolute atomic E-state index is 13.3. The van der Waals surface area contributed by atoms with Gasteiger partial charge in [0.25, 0.3) is 0 Å². The summed E-state index contributed by atoms with van der Waals surface area (Å²) in [4.78, 5) is 30.9. The van der Waals surface area contributed by atoms with Crippen LogP contribution in [0.15, 0.2) is 48.5 Å². The molecule has 0 spiro atoms. The Morgan fingerprint density at radius 3 is 2.32 bits per heavy atom. The molecule has 0 atom stereocenters. The van der Waals surface area contributed by atoms with Gasteiger partial charge in [0.05, 0.1) is 0 Å². The van der Waals surface area contributed by atoms with E-state index >= 15 is 0 Å². The first-order chi connectivity index (χ1) is 16.5. The van der Waals surface area contributed by atoms with Gasteiger partial charge < -0.3 is 25.8 Å². The largest absolute Gasteiger partial charge is 0.369 e. The molecule has 0 aromatic heterocycles. The zero-order valence-electron chi connectivity index (χ0n) is 20.4. The normalized spacial score (nSPS) is 17.9. The minimum absolute atomic E-state index is 0.136. The molecule has 7 heteroatoms. The maximum atomic E-state index is 13.3. The smallest absolute Gasteiger partial charge is 0.315 e. The van der Waals surface area contributed by atoms with E-state index in [-0.39, 0.29) is 11.9 Å². The minimum Gasteiger partial charge on any atom is -0.369 e. The van der Waals surface area contributed by atoms with Crippen molar-refractivity contribution in [2.75, 3.05) is 42.9 Å². The summed E-state index contributed by atoms with van der Waals surface area (Å²) in [6, 6.07) is 15.6. The minimum atomic E-state index is -0.871. The molecule has 1 aliphatic heterocycles. The second-order valence-electron chi connectivity index (χ2n) is 9.46. The molecular formula is C27H37N5O2.